The van der Waals surface area contributed by atoms with Crippen LogP contribution in [0, 0.1) is 5.92 Å². The second kappa shape index (κ2) is 6.10. The first-order chi connectivity index (χ1) is 8.80. The van der Waals surface area contributed by atoms with E-state index in [-0.39, 0.29) is 0 Å². The second-order valence-corrected chi connectivity index (χ2v) is 4.91. The average Bonchev–Trinajstić information content (AvgIpc) is 3.17. The Balaban J connectivity index is 2.00. The summed E-state index contributed by atoms with van der Waals surface area (Å²) >= 11 is 0. The van der Waals surface area contributed by atoms with E-state index >= 15 is 0 Å². The number of ether oxygens (including phenoxy) is 2. The quantitative estimate of drug-likeness (QED) is 0.754. The molecule has 0 radical (unpaired) electrons. The van der Waals surface area contributed by atoms with Crippen LogP contribution in [0.25, 0.3) is 0 Å². The molecule has 0 spiro atoms. The largest absolute Gasteiger partial charge is 0.497 e. The molecule has 0 amide bonds. The summed E-state index contributed by atoms with van der Waals surface area (Å²) < 4.78 is 10.7. The van der Waals surface area contributed by atoms with E-state index in [1.807, 2.05) is 12.1 Å². The van der Waals surface area contributed by atoms with E-state index in [1.165, 1.54) is 18.4 Å². The molecule has 1 aromatic carbocycles. The Morgan fingerprint density at radius 1 is 1.28 bits per heavy atom. The maximum absolute atomic E-state index is 5.44. The van der Waals surface area contributed by atoms with Gasteiger partial charge in [-0.25, -0.2) is 0 Å². The summed E-state index contributed by atoms with van der Waals surface area (Å²) in [6.45, 7) is 4.42. The van der Waals surface area contributed by atoms with Gasteiger partial charge in [0.1, 0.15) is 11.5 Å². The van der Waals surface area contributed by atoms with Crippen LogP contribution in [0.1, 0.15) is 31.2 Å². The summed E-state index contributed by atoms with van der Waals surface area (Å²) in [6, 6.07) is 6.07. The lowest BCUT2D eigenvalue weighted by Crippen LogP contribution is -2.17. The smallest absolute Gasteiger partial charge is 0.122 e. The molecule has 100 valence electrons. The molecule has 1 aliphatic rings. The average molecular weight is 249 g/mol. The summed E-state index contributed by atoms with van der Waals surface area (Å²) in [7, 11) is 3.44. The fourth-order valence-corrected chi connectivity index (χ4v) is 2.45. The van der Waals surface area contributed by atoms with Crippen molar-refractivity contribution in [2.75, 3.05) is 27.3 Å². The first kappa shape index (κ1) is 13.2. The first-order valence-corrected chi connectivity index (χ1v) is 6.72. The third-order valence-electron chi connectivity index (χ3n) is 3.59. The van der Waals surface area contributed by atoms with Crippen molar-refractivity contribution < 1.29 is 9.47 Å². The molecule has 2 unspecified atom stereocenters. The molecule has 3 nitrogen and oxygen atoms in total. The minimum absolute atomic E-state index is 0.624. The van der Waals surface area contributed by atoms with Gasteiger partial charge in [0.05, 0.1) is 14.2 Å². The van der Waals surface area contributed by atoms with Crippen LogP contribution in [0.3, 0.4) is 0 Å². The van der Waals surface area contributed by atoms with E-state index in [4.69, 9.17) is 9.47 Å². The molecule has 3 heteroatoms. The minimum atomic E-state index is 0.624. The lowest BCUT2D eigenvalue weighted by atomic mass is 10.1. The van der Waals surface area contributed by atoms with E-state index in [1.54, 1.807) is 14.2 Å². The van der Waals surface area contributed by atoms with Gasteiger partial charge in [0, 0.05) is 5.56 Å². The number of methoxy groups -OCH3 is 2. The predicted octanol–water partition coefficient (Wildman–Crippen LogP) is 2.81. The highest BCUT2D eigenvalue weighted by molar-refractivity contribution is 5.45. The molecule has 0 aromatic heterocycles. The van der Waals surface area contributed by atoms with Crippen LogP contribution in [-0.4, -0.2) is 27.3 Å². The molecular formula is C15H23NO2. The molecule has 2 rings (SSSR count). The number of benzene rings is 1. The Kier molecular flexibility index (Phi) is 4.48. The van der Waals surface area contributed by atoms with E-state index in [0.717, 1.165) is 30.5 Å². The molecule has 0 heterocycles. The molecular weight excluding hydrogens is 226 g/mol. The summed E-state index contributed by atoms with van der Waals surface area (Å²) in [5.41, 5.74) is 1.29. The number of hydrogen-bond acceptors (Lipinski definition) is 3. The minimum Gasteiger partial charge on any atom is -0.497 e. The number of rotatable bonds is 7. The lowest BCUT2D eigenvalue weighted by Gasteiger charge is -2.10. The Labute approximate surface area is 109 Å². The van der Waals surface area contributed by atoms with Crippen molar-refractivity contribution in [3.05, 3.63) is 23.8 Å². The van der Waals surface area contributed by atoms with Gasteiger partial charge in [-0.2, -0.15) is 0 Å². The first-order valence-electron chi connectivity index (χ1n) is 6.72. The summed E-state index contributed by atoms with van der Waals surface area (Å²) in [5.74, 6) is 3.27. The zero-order valence-electron chi connectivity index (χ0n) is 11.5. The SMILES string of the molecule is CCCNCC1CC1c1cc(OC)ccc1OC. The van der Waals surface area contributed by atoms with Crippen LogP contribution in [0.5, 0.6) is 11.5 Å². The van der Waals surface area contributed by atoms with Crippen LogP contribution < -0.4 is 14.8 Å². The maximum atomic E-state index is 5.44. The Bertz CT molecular complexity index is 392. The Morgan fingerprint density at radius 3 is 2.78 bits per heavy atom. The van der Waals surface area contributed by atoms with E-state index in [9.17, 15) is 0 Å². The normalized spacial score (nSPS) is 21.7. The Morgan fingerprint density at radius 2 is 2.11 bits per heavy atom. The van der Waals surface area contributed by atoms with Gasteiger partial charge in [-0.3, -0.25) is 0 Å². The molecule has 1 aromatic rings. The molecule has 0 bridgehead atoms. The summed E-state index contributed by atoms with van der Waals surface area (Å²) in [6.07, 6.45) is 2.44. The molecule has 0 saturated heterocycles. The highest BCUT2D eigenvalue weighted by Gasteiger charge is 2.39. The summed E-state index contributed by atoms with van der Waals surface area (Å²) in [5, 5.41) is 3.49. The molecule has 1 saturated carbocycles. The highest BCUT2D eigenvalue weighted by Crippen LogP contribution is 2.50. The third-order valence-corrected chi connectivity index (χ3v) is 3.59. The monoisotopic (exact) mass is 249 g/mol. The van der Waals surface area contributed by atoms with Gasteiger partial charge >= 0.3 is 0 Å². The second-order valence-electron chi connectivity index (χ2n) is 4.91. The molecule has 1 fully saturated rings. The van der Waals surface area contributed by atoms with Crippen molar-refractivity contribution in [3.63, 3.8) is 0 Å². The van der Waals surface area contributed by atoms with Gasteiger partial charge in [0.25, 0.3) is 0 Å². The van der Waals surface area contributed by atoms with Gasteiger partial charge in [-0.15, -0.1) is 0 Å². The van der Waals surface area contributed by atoms with Crippen LogP contribution >= 0.6 is 0 Å². The number of nitrogens with one attached hydrogen (secondary N) is 1. The molecule has 2 atom stereocenters. The highest BCUT2D eigenvalue weighted by atomic mass is 16.5. The van der Waals surface area contributed by atoms with Crippen molar-refractivity contribution in [1.29, 1.82) is 0 Å². The van der Waals surface area contributed by atoms with Crippen molar-refractivity contribution in [2.24, 2.45) is 5.92 Å². The fraction of sp³-hybridized carbons (Fsp3) is 0.600. The van der Waals surface area contributed by atoms with Crippen LogP contribution in [0.15, 0.2) is 18.2 Å². The van der Waals surface area contributed by atoms with Gasteiger partial charge in [-0.1, -0.05) is 6.92 Å². The molecule has 1 N–H and O–H groups in total. The van der Waals surface area contributed by atoms with E-state index < -0.39 is 0 Å². The zero-order valence-corrected chi connectivity index (χ0v) is 11.5. The predicted molar refractivity (Wildman–Crippen MR) is 73.6 cm³/mol. The standard InChI is InChI=1S/C15H23NO2/c1-4-7-16-10-11-8-13(11)14-9-12(17-2)5-6-15(14)18-3/h5-6,9,11,13,16H,4,7-8,10H2,1-3H3. The van der Waals surface area contributed by atoms with E-state index in [0.29, 0.717) is 5.92 Å². The zero-order chi connectivity index (χ0) is 13.0. The van der Waals surface area contributed by atoms with Crippen LogP contribution in [0.2, 0.25) is 0 Å². The molecule has 0 aliphatic heterocycles. The van der Waals surface area contributed by atoms with Crippen molar-refractivity contribution in [2.45, 2.75) is 25.7 Å². The third kappa shape index (κ3) is 2.96. The van der Waals surface area contributed by atoms with Gasteiger partial charge < -0.3 is 14.8 Å². The van der Waals surface area contributed by atoms with Gasteiger partial charge in [0.2, 0.25) is 0 Å². The number of hydrogen-bond donors (Lipinski definition) is 1. The maximum Gasteiger partial charge on any atom is 0.122 e. The van der Waals surface area contributed by atoms with Crippen LogP contribution in [0.4, 0.5) is 0 Å². The van der Waals surface area contributed by atoms with Crippen molar-refractivity contribution in [3.8, 4) is 11.5 Å². The lowest BCUT2D eigenvalue weighted by molar-refractivity contribution is 0.398. The molecule has 18 heavy (non-hydrogen) atoms. The van der Waals surface area contributed by atoms with Crippen molar-refractivity contribution >= 4 is 0 Å². The summed E-state index contributed by atoms with van der Waals surface area (Å²) in [4.78, 5) is 0. The molecule has 1 aliphatic carbocycles. The van der Waals surface area contributed by atoms with Gasteiger partial charge in [0.15, 0.2) is 0 Å². The van der Waals surface area contributed by atoms with E-state index in [2.05, 4.69) is 18.3 Å². The Hall–Kier alpha value is -1.22. The van der Waals surface area contributed by atoms with Crippen LogP contribution in [-0.2, 0) is 0 Å². The van der Waals surface area contributed by atoms with Crippen molar-refractivity contribution in [1.82, 2.24) is 5.32 Å². The fourth-order valence-electron chi connectivity index (χ4n) is 2.45. The topological polar surface area (TPSA) is 30.5 Å². The van der Waals surface area contributed by atoms with Gasteiger partial charge in [-0.05, 0) is 56.0 Å².